The topological polar surface area (TPSA) is 68.0 Å². The first-order valence-electron chi connectivity index (χ1n) is 5.74. The van der Waals surface area contributed by atoms with Gasteiger partial charge in [0.25, 0.3) is 0 Å². The fraction of sp³-hybridized carbons (Fsp3) is 0.727. The van der Waals surface area contributed by atoms with Gasteiger partial charge < -0.3 is 9.67 Å². The number of carboxylic acid groups (broad SMARTS) is 1. The molecule has 88 valence electrons. The maximum absolute atomic E-state index is 10.6. The minimum Gasteiger partial charge on any atom is -0.481 e. The third-order valence-electron chi connectivity index (χ3n) is 3.43. The van der Waals surface area contributed by atoms with Gasteiger partial charge in [-0.3, -0.25) is 4.79 Å². The molecule has 5 heteroatoms. The predicted octanol–water partition coefficient (Wildman–Crippen LogP) is 1.79. The van der Waals surface area contributed by atoms with Crippen LogP contribution in [0.5, 0.6) is 0 Å². The Balaban J connectivity index is 1.90. The van der Waals surface area contributed by atoms with Crippen molar-refractivity contribution in [3.05, 3.63) is 12.2 Å². The van der Waals surface area contributed by atoms with E-state index in [9.17, 15) is 4.79 Å². The molecule has 0 amide bonds. The van der Waals surface area contributed by atoms with E-state index in [0.29, 0.717) is 18.4 Å². The van der Waals surface area contributed by atoms with Crippen LogP contribution in [0.2, 0.25) is 0 Å². The first-order chi connectivity index (χ1) is 7.66. The first-order valence-corrected chi connectivity index (χ1v) is 5.74. The Morgan fingerprint density at radius 2 is 2.19 bits per heavy atom. The molecule has 0 unspecified atom stereocenters. The van der Waals surface area contributed by atoms with Gasteiger partial charge in [0.2, 0.25) is 0 Å². The second-order valence-electron chi connectivity index (χ2n) is 4.56. The Kier molecular flexibility index (Phi) is 3.22. The summed E-state index contributed by atoms with van der Waals surface area (Å²) in [5, 5.41) is 16.6. The zero-order valence-corrected chi connectivity index (χ0v) is 9.46. The number of nitrogens with zero attached hydrogens (tertiary/aromatic N) is 3. The lowest BCUT2D eigenvalue weighted by molar-refractivity contribution is -0.138. The molecular formula is C11H17N3O2. The van der Waals surface area contributed by atoms with Crippen molar-refractivity contribution in [2.75, 3.05) is 0 Å². The number of hydrogen-bond donors (Lipinski definition) is 1. The number of carboxylic acids is 1. The summed E-state index contributed by atoms with van der Waals surface area (Å²) in [6, 6.07) is 0.458. The molecular weight excluding hydrogens is 206 g/mol. The van der Waals surface area contributed by atoms with E-state index in [1.54, 1.807) is 6.33 Å². The third-order valence-corrected chi connectivity index (χ3v) is 3.43. The van der Waals surface area contributed by atoms with E-state index < -0.39 is 5.97 Å². The van der Waals surface area contributed by atoms with Gasteiger partial charge in [0, 0.05) is 12.5 Å². The van der Waals surface area contributed by atoms with Crippen molar-refractivity contribution in [1.29, 1.82) is 0 Å². The summed E-state index contributed by atoms with van der Waals surface area (Å²) >= 11 is 0. The van der Waals surface area contributed by atoms with Gasteiger partial charge in [-0.2, -0.15) is 0 Å². The van der Waals surface area contributed by atoms with Crippen LogP contribution >= 0.6 is 0 Å². The molecule has 1 fully saturated rings. The average Bonchev–Trinajstić information content (AvgIpc) is 2.65. The van der Waals surface area contributed by atoms with Crippen LogP contribution < -0.4 is 0 Å². The molecule has 1 N–H and O–H groups in total. The molecule has 0 atom stereocenters. The van der Waals surface area contributed by atoms with Crippen LogP contribution in [0.25, 0.3) is 0 Å². The van der Waals surface area contributed by atoms with Gasteiger partial charge in [0.15, 0.2) is 0 Å². The summed E-state index contributed by atoms with van der Waals surface area (Å²) in [5.74, 6) is 0.621. The monoisotopic (exact) mass is 223 g/mol. The zero-order chi connectivity index (χ0) is 11.5. The van der Waals surface area contributed by atoms with Crippen LogP contribution in [-0.4, -0.2) is 25.8 Å². The van der Waals surface area contributed by atoms with Crippen LogP contribution in [0.4, 0.5) is 0 Å². The summed E-state index contributed by atoms with van der Waals surface area (Å²) in [6.07, 6.45) is 6.15. The Morgan fingerprint density at radius 3 is 2.69 bits per heavy atom. The van der Waals surface area contributed by atoms with E-state index in [4.69, 9.17) is 5.11 Å². The van der Waals surface area contributed by atoms with Crippen LogP contribution in [0.3, 0.4) is 0 Å². The normalized spacial score (nSPS) is 25.6. The Morgan fingerprint density at radius 1 is 1.50 bits per heavy atom. The van der Waals surface area contributed by atoms with E-state index in [0.717, 1.165) is 31.5 Å². The van der Waals surface area contributed by atoms with Gasteiger partial charge in [-0.05, 0) is 38.5 Å². The highest BCUT2D eigenvalue weighted by atomic mass is 16.4. The molecule has 5 nitrogen and oxygen atoms in total. The predicted molar refractivity (Wildman–Crippen MR) is 58.0 cm³/mol. The van der Waals surface area contributed by atoms with E-state index in [1.165, 1.54) is 0 Å². The van der Waals surface area contributed by atoms with Gasteiger partial charge in [-0.1, -0.05) is 0 Å². The number of hydrogen-bond acceptors (Lipinski definition) is 3. The van der Waals surface area contributed by atoms with Crippen LogP contribution in [0.15, 0.2) is 6.33 Å². The number of rotatable bonds is 3. The minimum absolute atomic E-state index is 0.313. The highest BCUT2D eigenvalue weighted by Crippen LogP contribution is 2.33. The fourth-order valence-electron chi connectivity index (χ4n) is 2.53. The molecule has 1 aromatic heterocycles. The Hall–Kier alpha value is -1.39. The molecule has 0 aliphatic heterocycles. The molecule has 1 heterocycles. The molecule has 0 radical (unpaired) electrons. The van der Waals surface area contributed by atoms with E-state index in [2.05, 4.69) is 14.8 Å². The molecule has 1 aromatic rings. The van der Waals surface area contributed by atoms with Crippen molar-refractivity contribution in [3.63, 3.8) is 0 Å². The second-order valence-corrected chi connectivity index (χ2v) is 4.56. The van der Waals surface area contributed by atoms with Crippen molar-refractivity contribution >= 4 is 5.97 Å². The maximum Gasteiger partial charge on any atom is 0.303 e. The molecule has 1 aliphatic rings. The van der Waals surface area contributed by atoms with Crippen molar-refractivity contribution in [1.82, 2.24) is 14.8 Å². The van der Waals surface area contributed by atoms with Gasteiger partial charge in [-0.15, -0.1) is 10.2 Å². The largest absolute Gasteiger partial charge is 0.481 e. The molecule has 0 aromatic carbocycles. The molecule has 2 rings (SSSR count). The Labute approximate surface area is 94.5 Å². The van der Waals surface area contributed by atoms with Crippen LogP contribution in [0.1, 0.15) is 44.0 Å². The molecule has 0 saturated heterocycles. The van der Waals surface area contributed by atoms with Gasteiger partial charge in [-0.25, -0.2) is 0 Å². The molecule has 1 aliphatic carbocycles. The number of aliphatic carboxylic acids is 1. The van der Waals surface area contributed by atoms with E-state index >= 15 is 0 Å². The standard InChI is InChI=1S/C11H17N3O2/c1-8-13-12-7-14(8)10-4-2-9(3-5-10)6-11(15)16/h7,9-10H,2-6H2,1H3,(H,15,16)/t9-,10-. The summed E-state index contributed by atoms with van der Waals surface area (Å²) < 4.78 is 2.11. The van der Waals surface area contributed by atoms with E-state index in [-0.39, 0.29) is 0 Å². The van der Waals surface area contributed by atoms with Gasteiger partial charge in [0.1, 0.15) is 12.2 Å². The van der Waals surface area contributed by atoms with Crippen molar-refractivity contribution in [2.45, 2.75) is 45.1 Å². The van der Waals surface area contributed by atoms with Gasteiger partial charge in [0.05, 0.1) is 0 Å². The van der Waals surface area contributed by atoms with Crippen molar-refractivity contribution < 1.29 is 9.90 Å². The van der Waals surface area contributed by atoms with Crippen molar-refractivity contribution in [2.24, 2.45) is 5.92 Å². The van der Waals surface area contributed by atoms with E-state index in [1.807, 2.05) is 6.92 Å². The maximum atomic E-state index is 10.6. The van der Waals surface area contributed by atoms with Crippen LogP contribution in [0, 0.1) is 12.8 Å². The molecule has 0 bridgehead atoms. The minimum atomic E-state index is -0.677. The summed E-state index contributed by atoms with van der Waals surface area (Å²) in [6.45, 7) is 1.95. The molecule has 16 heavy (non-hydrogen) atoms. The van der Waals surface area contributed by atoms with Crippen molar-refractivity contribution in [3.8, 4) is 0 Å². The average molecular weight is 223 g/mol. The highest BCUT2D eigenvalue weighted by Gasteiger charge is 2.24. The lowest BCUT2D eigenvalue weighted by Gasteiger charge is -2.28. The SMILES string of the molecule is Cc1nncn1[C@H]1CC[C@H](CC(=O)O)CC1. The molecule has 0 spiro atoms. The smallest absolute Gasteiger partial charge is 0.303 e. The summed E-state index contributed by atoms with van der Waals surface area (Å²) in [7, 11) is 0. The second kappa shape index (κ2) is 4.63. The lowest BCUT2D eigenvalue weighted by atomic mass is 9.84. The number of carbonyl (C=O) groups is 1. The lowest BCUT2D eigenvalue weighted by Crippen LogP contribution is -2.20. The Bertz CT molecular complexity index is 367. The quantitative estimate of drug-likeness (QED) is 0.848. The van der Waals surface area contributed by atoms with Crippen LogP contribution in [-0.2, 0) is 4.79 Å². The highest BCUT2D eigenvalue weighted by molar-refractivity contribution is 5.67. The number of aromatic nitrogens is 3. The zero-order valence-electron chi connectivity index (χ0n) is 9.46. The number of aryl methyl sites for hydroxylation is 1. The fourth-order valence-corrected chi connectivity index (χ4v) is 2.53. The first kappa shape index (κ1) is 11.1. The summed E-state index contributed by atoms with van der Waals surface area (Å²) in [4.78, 5) is 10.6. The molecule has 1 saturated carbocycles. The third kappa shape index (κ3) is 2.40. The van der Waals surface area contributed by atoms with Gasteiger partial charge >= 0.3 is 5.97 Å². The summed E-state index contributed by atoms with van der Waals surface area (Å²) in [5.41, 5.74) is 0.